The monoisotopic (exact) mass is 612 g/mol. The quantitative estimate of drug-likeness (QED) is 0.387. The average molecular weight is 613 g/mol. The normalized spacial score (nSPS) is 24.2. The van der Waals surface area contributed by atoms with Crippen LogP contribution in [0.15, 0.2) is 24.5 Å². The summed E-state index contributed by atoms with van der Waals surface area (Å²) < 4.78 is 43.8. The lowest BCUT2D eigenvalue weighted by atomic mass is 9.96. The molecule has 11 nitrogen and oxygen atoms in total. The zero-order valence-electron chi connectivity index (χ0n) is 24.6. The van der Waals surface area contributed by atoms with Crippen LogP contribution in [0.4, 0.5) is 13.2 Å². The molecular weight excluding hydrogens is 577 g/mol. The maximum Gasteiger partial charge on any atom is 0.227 e. The molecule has 4 atom stereocenters. The SMILES string of the molecule is C[C@H]1Cn2ncc(C3CCNC3=O)c2CN1.C[C@H]1Cn2ncc(C3CCNC3=O)c2CN1C(=O)Cc1cc(F)c(F)c(F)c1. The molecule has 14 heteroatoms. The van der Waals surface area contributed by atoms with E-state index < -0.39 is 17.5 Å². The second kappa shape index (κ2) is 12.1. The molecular formula is C30H35F3N8O3. The lowest BCUT2D eigenvalue weighted by Gasteiger charge is -2.35. The van der Waals surface area contributed by atoms with Gasteiger partial charge in [-0.1, -0.05) is 0 Å². The van der Waals surface area contributed by atoms with Gasteiger partial charge >= 0.3 is 0 Å². The van der Waals surface area contributed by atoms with Crippen LogP contribution in [-0.2, 0) is 47.0 Å². The van der Waals surface area contributed by atoms with Gasteiger partial charge < -0.3 is 20.9 Å². The Balaban J connectivity index is 0.000000181. The average Bonchev–Trinajstić information content (AvgIpc) is 3.78. The van der Waals surface area contributed by atoms with Crippen LogP contribution in [0.2, 0.25) is 0 Å². The lowest BCUT2D eigenvalue weighted by Crippen LogP contribution is -2.46. The molecule has 0 spiro atoms. The van der Waals surface area contributed by atoms with Crippen LogP contribution in [-0.4, -0.2) is 67.4 Å². The molecule has 44 heavy (non-hydrogen) atoms. The molecule has 2 aromatic heterocycles. The van der Waals surface area contributed by atoms with Gasteiger partial charge in [-0.05, 0) is 44.4 Å². The molecule has 4 aliphatic rings. The van der Waals surface area contributed by atoms with Crippen molar-refractivity contribution >= 4 is 17.7 Å². The highest BCUT2D eigenvalue weighted by Crippen LogP contribution is 2.31. The molecule has 2 saturated heterocycles. The molecule has 234 valence electrons. The molecule has 0 saturated carbocycles. The van der Waals surface area contributed by atoms with Crippen LogP contribution in [0.25, 0.3) is 0 Å². The second-order valence-electron chi connectivity index (χ2n) is 11.9. The van der Waals surface area contributed by atoms with Crippen LogP contribution < -0.4 is 16.0 Å². The number of nitrogens with zero attached hydrogens (tertiary/aromatic N) is 5. The first kappa shape index (κ1) is 29.9. The fourth-order valence-corrected chi connectivity index (χ4v) is 6.48. The van der Waals surface area contributed by atoms with E-state index in [1.54, 1.807) is 15.8 Å². The number of nitrogens with one attached hydrogen (secondary N) is 3. The molecule has 0 aliphatic carbocycles. The highest BCUT2D eigenvalue weighted by atomic mass is 19.2. The first-order chi connectivity index (χ1) is 21.1. The Hall–Kier alpha value is -4.20. The smallest absolute Gasteiger partial charge is 0.227 e. The molecule has 2 fully saturated rings. The van der Waals surface area contributed by atoms with Crippen LogP contribution in [0.3, 0.4) is 0 Å². The molecule has 1 aromatic carbocycles. The van der Waals surface area contributed by atoms with E-state index in [1.807, 2.05) is 17.8 Å². The largest absolute Gasteiger partial charge is 0.356 e. The Morgan fingerprint density at radius 2 is 1.45 bits per heavy atom. The predicted octanol–water partition coefficient (Wildman–Crippen LogP) is 1.86. The minimum atomic E-state index is -1.55. The van der Waals surface area contributed by atoms with E-state index >= 15 is 0 Å². The zero-order valence-corrected chi connectivity index (χ0v) is 24.6. The van der Waals surface area contributed by atoms with E-state index in [2.05, 4.69) is 33.1 Å². The Bertz CT molecular complexity index is 1580. The third kappa shape index (κ3) is 5.70. The summed E-state index contributed by atoms with van der Waals surface area (Å²) in [4.78, 5) is 38.1. The van der Waals surface area contributed by atoms with Gasteiger partial charge in [-0.25, -0.2) is 13.2 Å². The molecule has 7 rings (SSSR count). The van der Waals surface area contributed by atoms with Gasteiger partial charge in [0.25, 0.3) is 0 Å². The van der Waals surface area contributed by atoms with Crippen molar-refractivity contribution in [3.8, 4) is 0 Å². The third-order valence-electron chi connectivity index (χ3n) is 8.88. The number of carbonyl (C=O) groups is 3. The second-order valence-corrected chi connectivity index (χ2v) is 11.9. The summed E-state index contributed by atoms with van der Waals surface area (Å²) in [5.74, 6) is -4.69. The van der Waals surface area contributed by atoms with Gasteiger partial charge in [-0.15, -0.1) is 0 Å². The first-order valence-corrected chi connectivity index (χ1v) is 14.9. The van der Waals surface area contributed by atoms with Crippen LogP contribution in [0.5, 0.6) is 0 Å². The van der Waals surface area contributed by atoms with Crippen molar-refractivity contribution in [1.29, 1.82) is 0 Å². The number of carbonyl (C=O) groups excluding carboxylic acids is 3. The number of hydrogen-bond donors (Lipinski definition) is 3. The van der Waals surface area contributed by atoms with Gasteiger partial charge in [-0.3, -0.25) is 23.7 Å². The number of aromatic nitrogens is 4. The van der Waals surface area contributed by atoms with E-state index in [-0.39, 0.29) is 54.1 Å². The van der Waals surface area contributed by atoms with Gasteiger partial charge in [0.05, 0.1) is 61.7 Å². The topological polar surface area (TPSA) is 126 Å². The van der Waals surface area contributed by atoms with E-state index in [0.29, 0.717) is 25.6 Å². The van der Waals surface area contributed by atoms with Gasteiger partial charge in [-0.2, -0.15) is 10.2 Å². The van der Waals surface area contributed by atoms with Crippen LogP contribution >= 0.6 is 0 Å². The van der Waals surface area contributed by atoms with Crippen molar-refractivity contribution in [2.45, 2.75) is 83.2 Å². The Morgan fingerprint density at radius 1 is 0.886 bits per heavy atom. The summed E-state index contributed by atoms with van der Waals surface area (Å²) >= 11 is 0. The molecule has 2 unspecified atom stereocenters. The summed E-state index contributed by atoms with van der Waals surface area (Å²) in [6, 6.07) is 1.95. The molecule has 3 amide bonds. The van der Waals surface area contributed by atoms with Crippen molar-refractivity contribution < 1.29 is 27.6 Å². The molecule has 3 aromatic rings. The number of rotatable bonds is 4. The standard InChI is InChI=1S/C19H19F3N4O2.C11H16N4O/c1-10-8-26-16(13(7-24-26)12-2-3-23-19(12)28)9-25(10)17(27)6-11-4-14(20)18(22)15(21)5-11;1-7-6-15-10(5-13-7)9(4-14-15)8-2-3-12-11(8)16/h4-5,7,10,12H,2-3,6,8-9H2,1H3,(H,23,28);4,7-8,13H,2-3,5-6H2,1H3,(H,12,16)/t10-,12?;7-,8?/m00/s1. The maximum absolute atomic E-state index is 13.4. The summed E-state index contributed by atoms with van der Waals surface area (Å²) in [5.41, 5.74) is 3.96. The van der Waals surface area contributed by atoms with Crippen molar-refractivity contribution in [3.63, 3.8) is 0 Å². The Labute approximate surface area is 252 Å². The molecule has 0 bridgehead atoms. The van der Waals surface area contributed by atoms with Crippen LogP contribution in [0.1, 0.15) is 66.6 Å². The summed E-state index contributed by atoms with van der Waals surface area (Å²) in [6.07, 6.45) is 4.87. The lowest BCUT2D eigenvalue weighted by molar-refractivity contribution is -0.134. The van der Waals surface area contributed by atoms with E-state index in [0.717, 1.165) is 55.0 Å². The highest BCUT2D eigenvalue weighted by Gasteiger charge is 2.35. The Kier molecular flexibility index (Phi) is 8.18. The fraction of sp³-hybridized carbons (Fsp3) is 0.500. The Morgan fingerprint density at radius 3 is 2.02 bits per heavy atom. The van der Waals surface area contributed by atoms with E-state index in [9.17, 15) is 27.6 Å². The van der Waals surface area contributed by atoms with Crippen LogP contribution in [0, 0.1) is 17.5 Å². The minimum absolute atomic E-state index is 0.0129. The van der Waals surface area contributed by atoms with Gasteiger partial charge in [0.2, 0.25) is 17.7 Å². The first-order valence-electron chi connectivity index (χ1n) is 14.9. The van der Waals surface area contributed by atoms with E-state index in [1.165, 1.54) is 5.69 Å². The molecule has 0 radical (unpaired) electrons. The maximum atomic E-state index is 13.4. The predicted molar refractivity (Wildman–Crippen MR) is 152 cm³/mol. The molecule has 4 aliphatic heterocycles. The van der Waals surface area contributed by atoms with Crippen molar-refractivity contribution in [2.24, 2.45) is 0 Å². The van der Waals surface area contributed by atoms with Crippen molar-refractivity contribution in [2.75, 3.05) is 13.1 Å². The highest BCUT2D eigenvalue weighted by molar-refractivity contribution is 5.86. The van der Waals surface area contributed by atoms with Gasteiger partial charge in [0, 0.05) is 42.8 Å². The number of amides is 3. The van der Waals surface area contributed by atoms with Crippen molar-refractivity contribution in [3.05, 3.63) is 70.1 Å². The molecule has 6 heterocycles. The summed E-state index contributed by atoms with van der Waals surface area (Å²) in [6.45, 7) is 7.83. The fourth-order valence-electron chi connectivity index (χ4n) is 6.48. The minimum Gasteiger partial charge on any atom is -0.356 e. The summed E-state index contributed by atoms with van der Waals surface area (Å²) in [5, 5.41) is 17.8. The van der Waals surface area contributed by atoms with Gasteiger partial charge in [0.1, 0.15) is 0 Å². The number of halogens is 3. The van der Waals surface area contributed by atoms with E-state index in [4.69, 9.17) is 0 Å². The number of fused-ring (bicyclic) bond motifs is 2. The summed E-state index contributed by atoms with van der Waals surface area (Å²) in [7, 11) is 0. The zero-order chi connectivity index (χ0) is 31.1. The number of hydrogen-bond acceptors (Lipinski definition) is 6. The molecule has 3 N–H and O–H groups in total. The van der Waals surface area contributed by atoms with Gasteiger partial charge in [0.15, 0.2) is 17.5 Å². The third-order valence-corrected chi connectivity index (χ3v) is 8.88. The van der Waals surface area contributed by atoms with Crippen molar-refractivity contribution in [1.82, 2.24) is 40.4 Å². The number of benzene rings is 1.